The standard InChI is InChI=1S/C21H26BrN3O2/c1-15-18(7-8-19(24-15)16-5-4-6-17(22)13-16)20(26)23-14-21(2,3)25-9-11-27-12-10-25/h4-8,13H,9-12,14H2,1-3H3,(H,23,26). The van der Waals surface area contributed by atoms with Crippen molar-refractivity contribution in [2.45, 2.75) is 26.3 Å². The average Bonchev–Trinajstić information content (AvgIpc) is 2.67. The smallest absolute Gasteiger partial charge is 0.253 e. The first-order valence-corrected chi connectivity index (χ1v) is 10.0. The molecule has 0 spiro atoms. The number of ether oxygens (including phenoxy) is 1. The quantitative estimate of drug-likeness (QED) is 0.784. The van der Waals surface area contributed by atoms with Crippen LogP contribution in [0.2, 0.25) is 0 Å². The van der Waals surface area contributed by atoms with Crippen molar-refractivity contribution in [1.29, 1.82) is 0 Å². The van der Waals surface area contributed by atoms with Gasteiger partial charge in [0.2, 0.25) is 0 Å². The minimum atomic E-state index is -0.114. The molecule has 1 aromatic carbocycles. The molecule has 27 heavy (non-hydrogen) atoms. The van der Waals surface area contributed by atoms with Gasteiger partial charge in [-0.05, 0) is 45.0 Å². The van der Waals surface area contributed by atoms with E-state index in [2.05, 4.69) is 45.0 Å². The molecule has 1 aliphatic heterocycles. The first-order valence-electron chi connectivity index (χ1n) is 9.21. The molecule has 0 saturated carbocycles. The lowest BCUT2D eigenvalue weighted by Crippen LogP contribution is -2.55. The molecule has 2 aromatic rings. The maximum absolute atomic E-state index is 12.7. The molecule has 1 aliphatic rings. The summed E-state index contributed by atoms with van der Waals surface area (Å²) in [5.41, 5.74) is 3.12. The molecule has 1 aromatic heterocycles. The molecule has 1 N–H and O–H groups in total. The normalized spacial score (nSPS) is 15.6. The van der Waals surface area contributed by atoms with Gasteiger partial charge in [-0.25, -0.2) is 0 Å². The number of benzene rings is 1. The van der Waals surface area contributed by atoms with Crippen molar-refractivity contribution in [2.75, 3.05) is 32.8 Å². The average molecular weight is 432 g/mol. The van der Waals surface area contributed by atoms with E-state index in [0.29, 0.717) is 12.1 Å². The Labute approximate surface area is 169 Å². The second-order valence-electron chi connectivity index (χ2n) is 7.43. The molecular weight excluding hydrogens is 406 g/mol. The molecule has 3 rings (SSSR count). The molecule has 0 bridgehead atoms. The molecule has 0 unspecified atom stereocenters. The predicted octanol–water partition coefficient (Wildman–Crippen LogP) is 3.66. The van der Waals surface area contributed by atoms with E-state index in [1.54, 1.807) is 0 Å². The highest BCUT2D eigenvalue weighted by molar-refractivity contribution is 9.10. The van der Waals surface area contributed by atoms with E-state index >= 15 is 0 Å². The molecule has 5 nitrogen and oxygen atoms in total. The molecule has 0 atom stereocenters. The molecule has 1 fully saturated rings. The van der Waals surface area contributed by atoms with E-state index in [9.17, 15) is 4.79 Å². The molecule has 0 aliphatic carbocycles. The van der Waals surface area contributed by atoms with E-state index in [-0.39, 0.29) is 11.4 Å². The fourth-order valence-electron chi connectivity index (χ4n) is 3.28. The summed E-state index contributed by atoms with van der Waals surface area (Å²) in [4.78, 5) is 19.7. The highest BCUT2D eigenvalue weighted by Crippen LogP contribution is 2.23. The van der Waals surface area contributed by atoms with Crippen molar-refractivity contribution in [3.8, 4) is 11.3 Å². The lowest BCUT2D eigenvalue weighted by molar-refractivity contribution is -0.00923. The Morgan fingerprint density at radius 1 is 1.26 bits per heavy atom. The number of carbonyl (C=O) groups excluding carboxylic acids is 1. The number of aryl methyl sites for hydroxylation is 1. The Kier molecular flexibility index (Phi) is 6.29. The Morgan fingerprint density at radius 2 is 2.00 bits per heavy atom. The monoisotopic (exact) mass is 431 g/mol. The Hall–Kier alpha value is -1.76. The van der Waals surface area contributed by atoms with Gasteiger partial charge < -0.3 is 10.1 Å². The van der Waals surface area contributed by atoms with Gasteiger partial charge >= 0.3 is 0 Å². The van der Waals surface area contributed by atoms with E-state index in [1.807, 2.05) is 43.3 Å². The van der Waals surface area contributed by atoms with Crippen LogP contribution in [0.3, 0.4) is 0 Å². The van der Waals surface area contributed by atoms with Crippen LogP contribution in [0.1, 0.15) is 29.9 Å². The highest BCUT2D eigenvalue weighted by atomic mass is 79.9. The molecule has 0 radical (unpaired) electrons. The second-order valence-corrected chi connectivity index (χ2v) is 8.35. The van der Waals surface area contributed by atoms with Gasteiger partial charge in [0.1, 0.15) is 0 Å². The van der Waals surface area contributed by atoms with Crippen LogP contribution < -0.4 is 5.32 Å². The maximum Gasteiger partial charge on any atom is 0.253 e. The first kappa shape index (κ1) is 20.0. The SMILES string of the molecule is Cc1nc(-c2cccc(Br)c2)ccc1C(=O)NCC(C)(C)N1CCOCC1. The molecule has 144 valence electrons. The van der Waals surface area contributed by atoms with Gasteiger partial charge in [0.25, 0.3) is 5.91 Å². The fourth-order valence-corrected chi connectivity index (χ4v) is 3.68. The topological polar surface area (TPSA) is 54.5 Å². The van der Waals surface area contributed by atoms with Gasteiger partial charge in [-0.15, -0.1) is 0 Å². The summed E-state index contributed by atoms with van der Waals surface area (Å²) in [5.74, 6) is -0.0814. The van der Waals surface area contributed by atoms with Crippen LogP contribution in [0.15, 0.2) is 40.9 Å². The summed E-state index contributed by atoms with van der Waals surface area (Å²) in [6, 6.07) is 11.7. The number of nitrogens with zero attached hydrogens (tertiary/aromatic N) is 2. The Bertz CT molecular complexity index is 817. The summed E-state index contributed by atoms with van der Waals surface area (Å²) in [5, 5.41) is 3.08. The summed E-state index contributed by atoms with van der Waals surface area (Å²) in [6.45, 7) is 10.0. The number of pyridine rings is 1. The van der Waals surface area contributed by atoms with E-state index < -0.39 is 0 Å². The van der Waals surface area contributed by atoms with Crippen LogP contribution >= 0.6 is 15.9 Å². The second kappa shape index (κ2) is 8.50. The summed E-state index contributed by atoms with van der Waals surface area (Å²) >= 11 is 3.48. The molecule has 1 saturated heterocycles. The van der Waals surface area contributed by atoms with Crippen LogP contribution in [0.5, 0.6) is 0 Å². The van der Waals surface area contributed by atoms with E-state index in [4.69, 9.17) is 4.74 Å². The zero-order valence-electron chi connectivity index (χ0n) is 16.1. The van der Waals surface area contributed by atoms with Gasteiger partial charge in [0, 0.05) is 35.2 Å². The van der Waals surface area contributed by atoms with Crippen molar-refractivity contribution >= 4 is 21.8 Å². The van der Waals surface area contributed by atoms with Gasteiger partial charge in [0.15, 0.2) is 0 Å². The largest absolute Gasteiger partial charge is 0.379 e. The van der Waals surface area contributed by atoms with Crippen molar-refractivity contribution in [3.05, 3.63) is 52.1 Å². The van der Waals surface area contributed by atoms with Gasteiger partial charge in [-0.1, -0.05) is 28.1 Å². The highest BCUT2D eigenvalue weighted by Gasteiger charge is 2.28. The Balaban J connectivity index is 1.68. The minimum Gasteiger partial charge on any atom is -0.379 e. The van der Waals surface area contributed by atoms with Crippen LogP contribution in [-0.2, 0) is 4.74 Å². The number of hydrogen-bond donors (Lipinski definition) is 1. The molecular formula is C21H26BrN3O2. The number of nitrogens with one attached hydrogen (secondary N) is 1. The van der Waals surface area contributed by atoms with Crippen molar-refractivity contribution < 1.29 is 9.53 Å². The fraction of sp³-hybridized carbons (Fsp3) is 0.429. The lowest BCUT2D eigenvalue weighted by Gasteiger charge is -2.40. The number of amides is 1. The van der Waals surface area contributed by atoms with Crippen LogP contribution in [0.25, 0.3) is 11.3 Å². The number of rotatable bonds is 5. The third-order valence-corrected chi connectivity index (χ3v) is 5.49. The van der Waals surface area contributed by atoms with Crippen LogP contribution in [-0.4, -0.2) is 54.2 Å². The van der Waals surface area contributed by atoms with Gasteiger partial charge in [0.05, 0.1) is 30.2 Å². The van der Waals surface area contributed by atoms with Crippen LogP contribution in [0.4, 0.5) is 0 Å². The van der Waals surface area contributed by atoms with E-state index in [0.717, 1.165) is 47.7 Å². The molecule has 6 heteroatoms. The Morgan fingerprint density at radius 3 is 2.67 bits per heavy atom. The number of halogens is 1. The lowest BCUT2D eigenvalue weighted by atomic mass is 10.0. The van der Waals surface area contributed by atoms with E-state index in [1.165, 1.54) is 0 Å². The third kappa shape index (κ3) is 4.94. The summed E-state index contributed by atoms with van der Waals surface area (Å²) in [7, 11) is 0. The van der Waals surface area contributed by atoms with Gasteiger partial charge in [-0.3, -0.25) is 14.7 Å². The number of aromatic nitrogens is 1. The molecule has 1 amide bonds. The van der Waals surface area contributed by atoms with Crippen molar-refractivity contribution in [2.24, 2.45) is 0 Å². The predicted molar refractivity (Wildman–Crippen MR) is 111 cm³/mol. The van der Waals surface area contributed by atoms with Crippen LogP contribution in [0, 0.1) is 6.92 Å². The number of morpholine rings is 1. The maximum atomic E-state index is 12.7. The zero-order valence-corrected chi connectivity index (χ0v) is 17.7. The number of carbonyl (C=O) groups is 1. The van der Waals surface area contributed by atoms with Gasteiger partial charge in [-0.2, -0.15) is 0 Å². The molecule has 2 heterocycles. The van der Waals surface area contributed by atoms with Crippen molar-refractivity contribution in [3.63, 3.8) is 0 Å². The summed E-state index contributed by atoms with van der Waals surface area (Å²) < 4.78 is 6.43. The minimum absolute atomic E-state index is 0.0814. The number of hydrogen-bond acceptors (Lipinski definition) is 4. The summed E-state index contributed by atoms with van der Waals surface area (Å²) in [6.07, 6.45) is 0. The third-order valence-electron chi connectivity index (χ3n) is 5.00. The van der Waals surface area contributed by atoms with Crippen molar-refractivity contribution in [1.82, 2.24) is 15.2 Å². The first-order chi connectivity index (χ1) is 12.9. The zero-order chi connectivity index (χ0) is 19.4.